The van der Waals surface area contributed by atoms with E-state index in [0.717, 1.165) is 11.1 Å². The van der Waals surface area contributed by atoms with Crippen molar-refractivity contribution in [2.45, 2.75) is 52.6 Å². The van der Waals surface area contributed by atoms with Crippen molar-refractivity contribution in [2.24, 2.45) is 0 Å². The van der Waals surface area contributed by atoms with E-state index in [0.29, 0.717) is 30.8 Å². The molecule has 0 aliphatic heterocycles. The van der Waals surface area contributed by atoms with Crippen LogP contribution in [0, 0.1) is 6.92 Å². The summed E-state index contributed by atoms with van der Waals surface area (Å²) in [5.41, 5.74) is 2.29. The molecule has 2 aromatic rings. The average Bonchev–Trinajstić information content (AvgIpc) is 2.82. The molecule has 2 aromatic carbocycles. The Morgan fingerprint density at radius 2 is 1.80 bits per heavy atom. The predicted octanol–water partition coefficient (Wildman–Crippen LogP) is 3.49. The Bertz CT molecular complexity index is 1100. The minimum Gasteiger partial charge on any atom is -0.497 e. The summed E-state index contributed by atoms with van der Waals surface area (Å²) in [5, 5.41) is 2.82. The van der Waals surface area contributed by atoms with E-state index in [2.05, 4.69) is 5.32 Å². The minimum absolute atomic E-state index is 0.109. The Labute approximate surface area is 209 Å². The summed E-state index contributed by atoms with van der Waals surface area (Å²) >= 11 is 0. The third-order valence-corrected chi connectivity index (χ3v) is 6.94. The fourth-order valence-corrected chi connectivity index (χ4v) is 5.03. The van der Waals surface area contributed by atoms with Crippen LogP contribution in [0.25, 0.3) is 0 Å². The van der Waals surface area contributed by atoms with Gasteiger partial charge in [0.15, 0.2) is 0 Å². The van der Waals surface area contributed by atoms with Crippen LogP contribution < -0.4 is 14.4 Å². The van der Waals surface area contributed by atoms with Crippen LogP contribution in [-0.2, 0) is 26.2 Å². The summed E-state index contributed by atoms with van der Waals surface area (Å²) in [4.78, 5) is 27.7. The Kier molecular flexibility index (Phi) is 10.6. The molecule has 2 rings (SSSR count). The highest BCUT2D eigenvalue weighted by molar-refractivity contribution is 7.92. The summed E-state index contributed by atoms with van der Waals surface area (Å²) in [6, 6.07) is 14.0. The number of anilines is 1. The van der Waals surface area contributed by atoms with Crippen molar-refractivity contribution in [3.05, 3.63) is 59.7 Å². The number of nitrogens with zero attached hydrogens (tertiary/aromatic N) is 2. The van der Waals surface area contributed by atoms with Gasteiger partial charge in [0.2, 0.25) is 21.8 Å². The Morgan fingerprint density at radius 3 is 2.40 bits per heavy atom. The fraction of sp³-hybridized carbons (Fsp3) is 0.462. The van der Waals surface area contributed by atoms with Crippen LogP contribution in [0.15, 0.2) is 48.5 Å². The maximum absolute atomic E-state index is 13.4. The van der Waals surface area contributed by atoms with Crippen LogP contribution in [0.3, 0.4) is 0 Å². The van der Waals surface area contributed by atoms with Gasteiger partial charge in [0.1, 0.15) is 11.8 Å². The number of carbonyl (C=O) groups is 2. The molecule has 0 spiro atoms. The number of amides is 2. The van der Waals surface area contributed by atoms with E-state index < -0.39 is 16.1 Å². The zero-order valence-electron chi connectivity index (χ0n) is 21.3. The topological polar surface area (TPSA) is 96.0 Å². The Morgan fingerprint density at radius 1 is 1.09 bits per heavy atom. The molecule has 0 aliphatic carbocycles. The lowest BCUT2D eigenvalue weighted by Crippen LogP contribution is -2.49. The number of aryl methyl sites for hydroxylation is 1. The van der Waals surface area contributed by atoms with Gasteiger partial charge in [0, 0.05) is 26.1 Å². The van der Waals surface area contributed by atoms with Gasteiger partial charge in [-0.25, -0.2) is 8.42 Å². The van der Waals surface area contributed by atoms with E-state index in [1.54, 1.807) is 24.1 Å². The maximum Gasteiger partial charge on any atom is 0.242 e. The largest absolute Gasteiger partial charge is 0.497 e. The number of methoxy groups -OCH3 is 1. The lowest BCUT2D eigenvalue weighted by atomic mass is 10.1. The normalized spacial score (nSPS) is 12.0. The van der Waals surface area contributed by atoms with E-state index in [1.165, 1.54) is 10.6 Å². The van der Waals surface area contributed by atoms with Gasteiger partial charge < -0.3 is 15.0 Å². The average molecular weight is 504 g/mol. The van der Waals surface area contributed by atoms with Gasteiger partial charge in [-0.1, -0.05) is 37.3 Å². The minimum atomic E-state index is -3.53. The van der Waals surface area contributed by atoms with Gasteiger partial charge in [-0.05, 0) is 56.0 Å². The first-order valence-corrected chi connectivity index (χ1v) is 13.7. The number of carbonyl (C=O) groups excluding carboxylic acids is 2. The molecule has 8 nitrogen and oxygen atoms in total. The molecular weight excluding hydrogens is 466 g/mol. The summed E-state index contributed by atoms with van der Waals surface area (Å²) in [5.74, 6) is 0.260. The zero-order valence-corrected chi connectivity index (χ0v) is 22.1. The van der Waals surface area contributed by atoms with Gasteiger partial charge in [0.05, 0.1) is 19.1 Å². The predicted molar refractivity (Wildman–Crippen MR) is 139 cm³/mol. The monoisotopic (exact) mass is 503 g/mol. The van der Waals surface area contributed by atoms with Crippen molar-refractivity contribution in [2.75, 3.05) is 30.8 Å². The van der Waals surface area contributed by atoms with E-state index in [4.69, 9.17) is 4.74 Å². The molecule has 192 valence electrons. The number of hydrogen-bond acceptors (Lipinski definition) is 5. The van der Waals surface area contributed by atoms with Gasteiger partial charge in [-0.2, -0.15) is 0 Å². The second-order valence-corrected chi connectivity index (χ2v) is 10.3. The second kappa shape index (κ2) is 13.1. The smallest absolute Gasteiger partial charge is 0.242 e. The van der Waals surface area contributed by atoms with Crippen molar-refractivity contribution in [3.63, 3.8) is 0 Å². The fourth-order valence-electron chi connectivity index (χ4n) is 4.00. The highest BCUT2D eigenvalue weighted by atomic mass is 32.2. The zero-order chi connectivity index (χ0) is 26.0. The molecule has 0 heterocycles. The van der Waals surface area contributed by atoms with Crippen LogP contribution in [-0.4, -0.2) is 57.6 Å². The summed E-state index contributed by atoms with van der Waals surface area (Å²) in [6.45, 7) is 6.45. The van der Waals surface area contributed by atoms with Crippen LogP contribution in [0.5, 0.6) is 5.75 Å². The summed E-state index contributed by atoms with van der Waals surface area (Å²) in [7, 11) is -1.95. The van der Waals surface area contributed by atoms with Gasteiger partial charge >= 0.3 is 0 Å². The number of hydrogen-bond donors (Lipinski definition) is 1. The lowest BCUT2D eigenvalue weighted by Gasteiger charge is -2.31. The number of likely N-dealkylation sites (N-methyl/N-ethyl adjacent to an activating group) is 1. The van der Waals surface area contributed by atoms with Crippen molar-refractivity contribution >= 4 is 27.5 Å². The standard InChI is InChI=1S/C26H37N3O5S/c1-6-23(26(31)27-7-2)28(19-21-13-10-14-22(18-21)34-4)25(30)16-11-17-29(35(5,32)33)24-15-9-8-12-20(24)3/h8-10,12-15,18,23H,6-7,11,16-17,19H2,1-5H3,(H,27,31). The Balaban J connectivity index is 2.23. The number of rotatable bonds is 13. The van der Waals surface area contributed by atoms with E-state index >= 15 is 0 Å². The Hall–Kier alpha value is -3.07. The molecule has 0 radical (unpaired) electrons. The molecule has 1 N–H and O–H groups in total. The van der Waals surface area contributed by atoms with Gasteiger partial charge in [0.25, 0.3) is 0 Å². The van der Waals surface area contributed by atoms with E-state index in [1.807, 2.05) is 57.2 Å². The highest BCUT2D eigenvalue weighted by Gasteiger charge is 2.28. The summed E-state index contributed by atoms with van der Waals surface area (Å²) < 4.78 is 31.6. The molecule has 1 atom stereocenters. The molecule has 2 amide bonds. The molecular formula is C26H37N3O5S. The first-order valence-electron chi connectivity index (χ1n) is 11.9. The molecule has 35 heavy (non-hydrogen) atoms. The van der Waals surface area contributed by atoms with Crippen molar-refractivity contribution in [3.8, 4) is 5.75 Å². The lowest BCUT2D eigenvalue weighted by molar-refractivity contribution is -0.141. The molecule has 0 aliphatic rings. The van der Waals surface area contributed by atoms with Gasteiger partial charge in [-0.3, -0.25) is 13.9 Å². The molecule has 0 saturated heterocycles. The summed E-state index contributed by atoms with van der Waals surface area (Å²) in [6.07, 6.45) is 2.05. The van der Waals surface area contributed by atoms with Crippen molar-refractivity contribution < 1.29 is 22.7 Å². The number of benzene rings is 2. The molecule has 0 saturated carbocycles. The number of sulfonamides is 1. The highest BCUT2D eigenvalue weighted by Crippen LogP contribution is 2.23. The van der Waals surface area contributed by atoms with E-state index in [-0.39, 0.29) is 31.3 Å². The molecule has 9 heteroatoms. The van der Waals surface area contributed by atoms with Gasteiger partial charge in [-0.15, -0.1) is 0 Å². The number of nitrogens with one attached hydrogen (secondary N) is 1. The first kappa shape index (κ1) is 28.2. The molecule has 0 fully saturated rings. The van der Waals surface area contributed by atoms with Crippen LogP contribution in [0.4, 0.5) is 5.69 Å². The number of para-hydroxylation sites is 1. The first-order chi connectivity index (χ1) is 16.6. The molecule has 1 unspecified atom stereocenters. The van der Waals surface area contributed by atoms with E-state index in [9.17, 15) is 18.0 Å². The van der Waals surface area contributed by atoms with Crippen molar-refractivity contribution in [1.82, 2.24) is 10.2 Å². The van der Waals surface area contributed by atoms with Crippen LogP contribution in [0.1, 0.15) is 44.2 Å². The second-order valence-electron chi connectivity index (χ2n) is 8.42. The van der Waals surface area contributed by atoms with Crippen molar-refractivity contribution in [1.29, 1.82) is 0 Å². The van der Waals surface area contributed by atoms with Crippen LogP contribution >= 0.6 is 0 Å². The molecule has 0 bridgehead atoms. The number of ether oxygens (including phenoxy) is 1. The maximum atomic E-state index is 13.4. The third-order valence-electron chi connectivity index (χ3n) is 5.76. The third kappa shape index (κ3) is 7.99. The van der Waals surface area contributed by atoms with Crippen LogP contribution in [0.2, 0.25) is 0 Å². The quantitative estimate of drug-likeness (QED) is 0.451. The SMILES string of the molecule is CCNC(=O)C(CC)N(Cc1cccc(OC)c1)C(=O)CCCN(c1ccccc1C)S(C)(=O)=O. The molecule has 0 aromatic heterocycles.